The number of aromatic nitrogens is 2. The number of fused-ring (bicyclic) bond motifs is 1. The summed E-state index contributed by atoms with van der Waals surface area (Å²) in [6.45, 7) is 0.593. The Labute approximate surface area is 192 Å². The molecule has 0 aliphatic carbocycles. The third kappa shape index (κ3) is 6.10. The molecule has 0 unspecified atom stereocenters. The van der Waals surface area contributed by atoms with Gasteiger partial charge >= 0.3 is 0 Å². The van der Waals surface area contributed by atoms with Gasteiger partial charge in [-0.3, -0.25) is 14.2 Å². The minimum atomic E-state index is -3.36. The number of benzene rings is 2. The van der Waals surface area contributed by atoms with Crippen molar-refractivity contribution in [2.75, 3.05) is 26.5 Å². The van der Waals surface area contributed by atoms with E-state index in [0.717, 1.165) is 0 Å². The summed E-state index contributed by atoms with van der Waals surface area (Å²) >= 11 is 0. The van der Waals surface area contributed by atoms with Gasteiger partial charge in [0.05, 0.1) is 42.1 Å². The summed E-state index contributed by atoms with van der Waals surface area (Å²) in [6, 6.07) is 11.5. The van der Waals surface area contributed by atoms with Gasteiger partial charge in [-0.15, -0.1) is 0 Å². The number of nitrogens with zero attached hydrogens (tertiary/aromatic N) is 2. The van der Waals surface area contributed by atoms with Crippen LogP contribution in [-0.4, -0.2) is 50.4 Å². The Kier molecular flexibility index (Phi) is 8.05. The maximum absolute atomic E-state index is 12.8. The zero-order valence-electron chi connectivity index (χ0n) is 18.6. The summed E-state index contributed by atoms with van der Waals surface area (Å²) in [5, 5.41) is 3.13. The average molecular weight is 474 g/mol. The number of methoxy groups -OCH3 is 2. The monoisotopic (exact) mass is 473 g/mol. The van der Waals surface area contributed by atoms with Crippen LogP contribution in [0.4, 0.5) is 0 Å². The second kappa shape index (κ2) is 11.0. The molecule has 0 bridgehead atoms. The van der Waals surface area contributed by atoms with E-state index in [-0.39, 0.29) is 35.1 Å². The molecule has 0 spiro atoms. The summed E-state index contributed by atoms with van der Waals surface area (Å²) < 4.78 is 36.4. The Morgan fingerprint density at radius 1 is 1.06 bits per heavy atom. The summed E-state index contributed by atoms with van der Waals surface area (Å²) in [5.74, 6) is 0.697. The van der Waals surface area contributed by atoms with Gasteiger partial charge in [-0.2, -0.15) is 0 Å². The molecule has 0 atom stereocenters. The van der Waals surface area contributed by atoms with Crippen molar-refractivity contribution in [3.63, 3.8) is 0 Å². The van der Waals surface area contributed by atoms with E-state index in [0.29, 0.717) is 41.8 Å². The predicted molar refractivity (Wildman–Crippen MR) is 124 cm³/mol. The Balaban J connectivity index is 1.48. The third-order valence-electron chi connectivity index (χ3n) is 5.15. The Morgan fingerprint density at radius 3 is 2.45 bits per heavy atom. The van der Waals surface area contributed by atoms with Gasteiger partial charge in [-0.25, -0.2) is 13.4 Å². The Morgan fingerprint density at radius 2 is 1.76 bits per heavy atom. The largest absolute Gasteiger partial charge is 0.493 e. The molecule has 2 aromatic carbocycles. The fourth-order valence-corrected chi connectivity index (χ4v) is 4.71. The molecule has 0 radical (unpaired) electrons. The number of aryl methyl sites for hydroxylation is 1. The zero-order chi connectivity index (χ0) is 23.8. The number of rotatable bonds is 11. The number of hydrogen-bond donors (Lipinski definition) is 1. The number of amides is 1. The van der Waals surface area contributed by atoms with Crippen molar-refractivity contribution in [1.29, 1.82) is 0 Å². The highest BCUT2D eigenvalue weighted by Crippen LogP contribution is 2.29. The van der Waals surface area contributed by atoms with Crippen LogP contribution >= 0.6 is 0 Å². The number of carbonyl (C=O) groups is 1. The van der Waals surface area contributed by atoms with E-state index < -0.39 is 9.84 Å². The van der Waals surface area contributed by atoms with Gasteiger partial charge in [0.1, 0.15) is 0 Å². The third-order valence-corrected chi connectivity index (χ3v) is 6.96. The van der Waals surface area contributed by atoms with E-state index in [1.165, 1.54) is 25.1 Å². The quantitative estimate of drug-likeness (QED) is 0.424. The molecular formula is C23H27N3O6S. The molecule has 9 nitrogen and oxygen atoms in total. The first-order valence-electron chi connectivity index (χ1n) is 10.5. The lowest BCUT2D eigenvalue weighted by Crippen LogP contribution is -2.27. The summed E-state index contributed by atoms with van der Waals surface area (Å²) in [4.78, 5) is 29.4. The molecule has 1 heterocycles. The molecule has 0 aliphatic heterocycles. The first-order chi connectivity index (χ1) is 15.9. The highest BCUT2D eigenvalue weighted by atomic mass is 32.2. The SMILES string of the molecule is COc1cc2ncn(CCCC(=O)NCCCS(=O)(=O)c3ccccc3)c(=O)c2cc1OC. The molecule has 0 saturated carbocycles. The van der Waals surface area contributed by atoms with E-state index in [9.17, 15) is 18.0 Å². The zero-order valence-corrected chi connectivity index (χ0v) is 19.4. The molecule has 0 fully saturated rings. The topological polar surface area (TPSA) is 117 Å². The Bertz CT molecular complexity index is 1270. The second-order valence-corrected chi connectivity index (χ2v) is 9.52. The van der Waals surface area contributed by atoms with E-state index in [1.54, 1.807) is 42.5 Å². The number of ether oxygens (including phenoxy) is 2. The number of hydrogen-bond acceptors (Lipinski definition) is 7. The summed E-state index contributed by atoms with van der Waals surface area (Å²) in [5.41, 5.74) is 0.268. The van der Waals surface area contributed by atoms with Crippen molar-refractivity contribution in [1.82, 2.24) is 14.9 Å². The van der Waals surface area contributed by atoms with E-state index in [4.69, 9.17) is 9.47 Å². The van der Waals surface area contributed by atoms with Crippen molar-refractivity contribution in [3.8, 4) is 11.5 Å². The van der Waals surface area contributed by atoms with Crippen LogP contribution in [0.1, 0.15) is 19.3 Å². The van der Waals surface area contributed by atoms with Gasteiger partial charge in [0.2, 0.25) is 5.91 Å². The number of carbonyl (C=O) groups excluding carboxylic acids is 1. The standard InChI is InChI=1S/C23H27N3O6S/c1-31-20-14-18-19(15-21(20)32-2)25-16-26(23(18)28)12-6-10-22(27)24-11-7-13-33(29,30)17-8-4-3-5-9-17/h3-5,8-9,14-16H,6-7,10-13H2,1-2H3,(H,24,27). The molecule has 0 aliphatic rings. The van der Waals surface area contributed by atoms with Gasteiger partial charge < -0.3 is 14.8 Å². The van der Waals surface area contributed by atoms with E-state index in [1.807, 2.05) is 0 Å². The lowest BCUT2D eigenvalue weighted by atomic mass is 10.2. The average Bonchev–Trinajstić information content (AvgIpc) is 2.83. The lowest BCUT2D eigenvalue weighted by molar-refractivity contribution is -0.121. The molecule has 10 heteroatoms. The molecular weight excluding hydrogens is 446 g/mol. The van der Waals surface area contributed by atoms with Crippen LogP contribution in [0.15, 0.2) is 58.5 Å². The maximum atomic E-state index is 12.8. The molecule has 1 amide bonds. The minimum Gasteiger partial charge on any atom is -0.493 e. The Hall–Kier alpha value is -3.40. The predicted octanol–water partition coefficient (Wildman–Crippen LogP) is 2.17. The van der Waals surface area contributed by atoms with E-state index in [2.05, 4.69) is 10.3 Å². The number of nitrogens with one attached hydrogen (secondary N) is 1. The first-order valence-corrected chi connectivity index (χ1v) is 12.2. The van der Waals surface area contributed by atoms with Gasteiger partial charge in [-0.05, 0) is 31.0 Å². The van der Waals surface area contributed by atoms with Crippen LogP contribution in [0.5, 0.6) is 11.5 Å². The summed E-state index contributed by atoms with van der Waals surface area (Å²) in [6.07, 6.45) is 2.42. The normalized spacial score (nSPS) is 11.3. The van der Waals surface area contributed by atoms with Crippen LogP contribution in [0.3, 0.4) is 0 Å². The highest BCUT2D eigenvalue weighted by Gasteiger charge is 2.14. The molecule has 1 aromatic heterocycles. The van der Waals surface area contributed by atoms with Crippen molar-refractivity contribution < 1.29 is 22.7 Å². The molecule has 1 N–H and O–H groups in total. The van der Waals surface area contributed by atoms with Crippen molar-refractivity contribution >= 4 is 26.6 Å². The molecule has 33 heavy (non-hydrogen) atoms. The smallest absolute Gasteiger partial charge is 0.261 e. The van der Waals surface area contributed by atoms with E-state index >= 15 is 0 Å². The van der Waals surface area contributed by atoms with Gasteiger partial charge in [0, 0.05) is 25.6 Å². The van der Waals surface area contributed by atoms with Crippen molar-refractivity contribution in [2.45, 2.75) is 30.7 Å². The lowest BCUT2D eigenvalue weighted by Gasteiger charge is -2.10. The van der Waals surface area contributed by atoms with Crippen LogP contribution in [-0.2, 0) is 21.2 Å². The van der Waals surface area contributed by atoms with Crippen LogP contribution in [0.2, 0.25) is 0 Å². The van der Waals surface area contributed by atoms with Crippen LogP contribution < -0.4 is 20.3 Å². The van der Waals surface area contributed by atoms with Crippen LogP contribution in [0.25, 0.3) is 10.9 Å². The maximum Gasteiger partial charge on any atom is 0.261 e. The minimum absolute atomic E-state index is 0.0380. The van der Waals surface area contributed by atoms with Gasteiger partial charge in [0.25, 0.3) is 5.56 Å². The van der Waals surface area contributed by atoms with Crippen LogP contribution in [0, 0.1) is 0 Å². The van der Waals surface area contributed by atoms with Crippen molar-refractivity contribution in [3.05, 3.63) is 59.1 Å². The van der Waals surface area contributed by atoms with Gasteiger partial charge in [0.15, 0.2) is 21.3 Å². The molecule has 0 saturated heterocycles. The van der Waals surface area contributed by atoms with Crippen molar-refractivity contribution in [2.24, 2.45) is 0 Å². The second-order valence-electron chi connectivity index (χ2n) is 7.41. The molecule has 176 valence electrons. The number of sulfone groups is 1. The van der Waals surface area contributed by atoms with Gasteiger partial charge in [-0.1, -0.05) is 18.2 Å². The fourth-order valence-electron chi connectivity index (χ4n) is 3.38. The molecule has 3 rings (SSSR count). The first kappa shape index (κ1) is 24.2. The fraction of sp³-hybridized carbons (Fsp3) is 0.348. The highest BCUT2D eigenvalue weighted by molar-refractivity contribution is 7.91. The molecule has 3 aromatic rings. The summed E-state index contributed by atoms with van der Waals surface area (Å²) in [7, 11) is -0.350.